The Kier molecular flexibility index (Phi) is 52.8. The molecule has 0 aromatic carbocycles. The van der Waals surface area contributed by atoms with E-state index in [4.69, 9.17) is 14.2 Å². The molecule has 1 unspecified atom stereocenters. The number of carbonyl (C=O) groups excluding carboxylic acids is 2. The zero-order valence-electron chi connectivity index (χ0n) is 42.4. The summed E-state index contributed by atoms with van der Waals surface area (Å²) in [6, 6.07) is 0. The SMILES string of the molecule is CCCCCCCC/C=C\CCCCCCCC(=O)OCC(COCCCCCCCCCCCCCCCCCC)OC(=O)CCCCCCCCCCCCCCCCC. The molecule has 368 valence electrons. The fourth-order valence-electron chi connectivity index (χ4n) is 8.57. The maximum absolute atomic E-state index is 12.8. The molecule has 0 aliphatic rings. The lowest BCUT2D eigenvalue weighted by molar-refractivity contribution is -0.163. The van der Waals surface area contributed by atoms with Crippen LogP contribution >= 0.6 is 0 Å². The summed E-state index contributed by atoms with van der Waals surface area (Å²) in [6.45, 7) is 7.89. The third-order valence-corrected chi connectivity index (χ3v) is 12.8. The Morgan fingerprint density at radius 1 is 0.339 bits per heavy atom. The van der Waals surface area contributed by atoms with E-state index < -0.39 is 6.10 Å². The van der Waals surface area contributed by atoms with Gasteiger partial charge in [-0.2, -0.15) is 0 Å². The molecule has 5 nitrogen and oxygen atoms in total. The number of ether oxygens (including phenoxy) is 3. The van der Waals surface area contributed by atoms with Gasteiger partial charge < -0.3 is 14.2 Å². The number of carbonyl (C=O) groups is 2. The quantitative estimate of drug-likeness (QED) is 0.0346. The molecule has 0 saturated heterocycles. The summed E-state index contributed by atoms with van der Waals surface area (Å²) in [5.74, 6) is -0.382. The van der Waals surface area contributed by atoms with Crippen molar-refractivity contribution < 1.29 is 23.8 Å². The molecule has 0 radical (unpaired) electrons. The Hall–Kier alpha value is -1.36. The molecule has 0 aromatic heterocycles. The molecule has 62 heavy (non-hydrogen) atoms. The van der Waals surface area contributed by atoms with Gasteiger partial charge in [0.25, 0.3) is 0 Å². The summed E-state index contributed by atoms with van der Waals surface area (Å²) in [6.07, 6.45) is 62.2. The molecule has 0 aromatic rings. The molecule has 0 fully saturated rings. The molecule has 0 amide bonds. The van der Waals surface area contributed by atoms with E-state index in [1.54, 1.807) is 0 Å². The molecule has 0 rings (SSSR count). The van der Waals surface area contributed by atoms with Crippen molar-refractivity contribution in [3.63, 3.8) is 0 Å². The first-order valence-electron chi connectivity index (χ1n) is 28.2. The number of allylic oxidation sites excluding steroid dienone is 2. The summed E-state index contributed by atoms with van der Waals surface area (Å²) in [5, 5.41) is 0. The van der Waals surface area contributed by atoms with E-state index in [9.17, 15) is 9.59 Å². The topological polar surface area (TPSA) is 61.8 Å². The highest BCUT2D eigenvalue weighted by atomic mass is 16.6. The molecule has 0 aliphatic heterocycles. The Labute approximate surface area is 388 Å². The van der Waals surface area contributed by atoms with Crippen molar-refractivity contribution in [2.45, 2.75) is 322 Å². The number of rotatable bonds is 53. The zero-order chi connectivity index (χ0) is 44.9. The number of unbranched alkanes of at least 4 members (excludes halogenated alkanes) is 40. The second-order valence-electron chi connectivity index (χ2n) is 19.2. The fraction of sp³-hybridized carbons (Fsp3) is 0.930. The highest BCUT2D eigenvalue weighted by Crippen LogP contribution is 2.17. The van der Waals surface area contributed by atoms with E-state index in [2.05, 4.69) is 32.9 Å². The van der Waals surface area contributed by atoms with Gasteiger partial charge in [0.2, 0.25) is 0 Å². The van der Waals surface area contributed by atoms with Crippen LogP contribution in [0.3, 0.4) is 0 Å². The maximum atomic E-state index is 12.8. The average molecular weight is 876 g/mol. The van der Waals surface area contributed by atoms with Crippen molar-refractivity contribution in [3.05, 3.63) is 12.2 Å². The van der Waals surface area contributed by atoms with Crippen LogP contribution in [0.2, 0.25) is 0 Å². The van der Waals surface area contributed by atoms with Gasteiger partial charge in [0.05, 0.1) is 6.61 Å². The second-order valence-corrected chi connectivity index (χ2v) is 19.2. The van der Waals surface area contributed by atoms with Crippen LogP contribution < -0.4 is 0 Å². The van der Waals surface area contributed by atoms with Crippen LogP contribution in [0.15, 0.2) is 12.2 Å². The van der Waals surface area contributed by atoms with Gasteiger partial charge in [-0.05, 0) is 44.9 Å². The lowest BCUT2D eigenvalue weighted by Crippen LogP contribution is -2.30. The van der Waals surface area contributed by atoms with Gasteiger partial charge in [0.15, 0.2) is 6.10 Å². The summed E-state index contributed by atoms with van der Waals surface area (Å²) in [7, 11) is 0. The van der Waals surface area contributed by atoms with Gasteiger partial charge in [-0.1, -0.05) is 270 Å². The van der Waals surface area contributed by atoms with Crippen molar-refractivity contribution >= 4 is 11.9 Å². The summed E-state index contributed by atoms with van der Waals surface area (Å²) >= 11 is 0. The molecular weight excluding hydrogens is 765 g/mol. The lowest BCUT2D eigenvalue weighted by atomic mass is 10.0. The Morgan fingerprint density at radius 3 is 0.984 bits per heavy atom. The standard InChI is InChI=1S/C57H110O5/c1-4-7-10-13-16-19-22-25-28-31-34-37-40-43-46-49-52-60-53-55(62-57(59)51-48-45-42-39-36-33-30-27-24-21-18-15-12-9-6-3)54-61-56(58)50-47-44-41-38-35-32-29-26-23-20-17-14-11-8-5-2/h26,29,55H,4-25,27-28,30-54H2,1-3H3/b29-26-. The van der Waals surface area contributed by atoms with Crippen molar-refractivity contribution in [1.82, 2.24) is 0 Å². The molecule has 5 heteroatoms. The third kappa shape index (κ3) is 51.3. The van der Waals surface area contributed by atoms with Gasteiger partial charge in [0.1, 0.15) is 6.61 Å². The van der Waals surface area contributed by atoms with Crippen molar-refractivity contribution in [1.29, 1.82) is 0 Å². The Balaban J connectivity index is 4.21. The molecule has 0 N–H and O–H groups in total. The number of hydrogen-bond acceptors (Lipinski definition) is 5. The van der Waals surface area contributed by atoms with Crippen LogP contribution in [-0.4, -0.2) is 37.9 Å². The van der Waals surface area contributed by atoms with E-state index in [-0.39, 0.29) is 18.5 Å². The highest BCUT2D eigenvalue weighted by molar-refractivity contribution is 5.70. The summed E-state index contributed by atoms with van der Waals surface area (Å²) in [5.41, 5.74) is 0. The molecule has 0 heterocycles. The van der Waals surface area contributed by atoms with Crippen LogP contribution in [0.1, 0.15) is 316 Å². The number of esters is 2. The van der Waals surface area contributed by atoms with Gasteiger partial charge in [-0.15, -0.1) is 0 Å². The minimum atomic E-state index is -0.530. The number of hydrogen-bond donors (Lipinski definition) is 0. The predicted octanol–water partition coefficient (Wildman–Crippen LogP) is 19.0. The maximum Gasteiger partial charge on any atom is 0.306 e. The first-order valence-corrected chi connectivity index (χ1v) is 28.2. The van der Waals surface area contributed by atoms with Gasteiger partial charge in [0, 0.05) is 19.4 Å². The van der Waals surface area contributed by atoms with E-state index >= 15 is 0 Å². The molecular formula is C57H110O5. The van der Waals surface area contributed by atoms with Crippen LogP contribution in [0.25, 0.3) is 0 Å². The first kappa shape index (κ1) is 60.6. The molecule has 0 spiro atoms. The Bertz CT molecular complexity index is 902. The molecule has 0 saturated carbocycles. The van der Waals surface area contributed by atoms with Crippen LogP contribution in [0, 0.1) is 0 Å². The van der Waals surface area contributed by atoms with Gasteiger partial charge in [-0.25, -0.2) is 0 Å². The minimum Gasteiger partial charge on any atom is -0.462 e. The van der Waals surface area contributed by atoms with E-state index in [1.807, 2.05) is 0 Å². The smallest absolute Gasteiger partial charge is 0.306 e. The normalized spacial score (nSPS) is 12.1. The third-order valence-electron chi connectivity index (χ3n) is 12.8. The lowest BCUT2D eigenvalue weighted by Gasteiger charge is -2.18. The second kappa shape index (κ2) is 54.0. The van der Waals surface area contributed by atoms with Gasteiger partial charge >= 0.3 is 11.9 Å². The average Bonchev–Trinajstić information content (AvgIpc) is 3.27. The van der Waals surface area contributed by atoms with E-state index in [0.717, 1.165) is 38.5 Å². The van der Waals surface area contributed by atoms with Crippen LogP contribution in [-0.2, 0) is 23.8 Å². The summed E-state index contributed by atoms with van der Waals surface area (Å²) in [4.78, 5) is 25.5. The monoisotopic (exact) mass is 875 g/mol. The molecule has 0 bridgehead atoms. The van der Waals surface area contributed by atoms with E-state index in [1.165, 1.54) is 244 Å². The Morgan fingerprint density at radius 2 is 0.629 bits per heavy atom. The molecule has 0 aliphatic carbocycles. The minimum absolute atomic E-state index is 0.0907. The first-order chi connectivity index (χ1) is 30.6. The van der Waals surface area contributed by atoms with Crippen molar-refractivity contribution in [2.75, 3.05) is 19.8 Å². The van der Waals surface area contributed by atoms with Gasteiger partial charge in [-0.3, -0.25) is 9.59 Å². The summed E-state index contributed by atoms with van der Waals surface area (Å²) < 4.78 is 17.5. The highest BCUT2D eigenvalue weighted by Gasteiger charge is 2.17. The predicted molar refractivity (Wildman–Crippen MR) is 270 cm³/mol. The largest absolute Gasteiger partial charge is 0.462 e. The molecule has 1 atom stereocenters. The van der Waals surface area contributed by atoms with E-state index in [0.29, 0.717) is 26.1 Å². The fourth-order valence-corrected chi connectivity index (χ4v) is 8.57. The van der Waals surface area contributed by atoms with Crippen LogP contribution in [0.5, 0.6) is 0 Å². The zero-order valence-corrected chi connectivity index (χ0v) is 42.4. The van der Waals surface area contributed by atoms with Crippen molar-refractivity contribution in [2.24, 2.45) is 0 Å². The van der Waals surface area contributed by atoms with Crippen molar-refractivity contribution in [3.8, 4) is 0 Å². The van der Waals surface area contributed by atoms with Crippen LogP contribution in [0.4, 0.5) is 0 Å².